The first kappa shape index (κ1) is 19.4. The zero-order valence-corrected chi connectivity index (χ0v) is 16.7. The van der Waals surface area contributed by atoms with Crippen LogP contribution >= 0.6 is 11.8 Å². The standard InChI is InChI=1S/C21H24N2O3S/c1-14-11-17(12-18(24-2)21(14)25-3)27-19-6-4-5-15(13-22)20(19)23-16-7-9-26-10-8-16/h4-6,11-12,16,23H,7-10H2,1-3H3. The van der Waals surface area contributed by atoms with Crippen molar-refractivity contribution >= 4 is 17.4 Å². The number of para-hydroxylation sites is 1. The van der Waals surface area contributed by atoms with E-state index >= 15 is 0 Å². The highest BCUT2D eigenvalue weighted by Crippen LogP contribution is 2.41. The second-order valence-corrected chi connectivity index (χ2v) is 7.51. The zero-order chi connectivity index (χ0) is 19.2. The fourth-order valence-electron chi connectivity index (χ4n) is 3.21. The number of aryl methyl sites for hydroxylation is 1. The third-order valence-corrected chi connectivity index (χ3v) is 5.61. The van der Waals surface area contributed by atoms with Gasteiger partial charge in [-0.1, -0.05) is 17.8 Å². The summed E-state index contributed by atoms with van der Waals surface area (Å²) in [5, 5.41) is 13.1. The van der Waals surface area contributed by atoms with E-state index in [2.05, 4.69) is 17.5 Å². The molecule has 5 nitrogen and oxygen atoms in total. The highest BCUT2D eigenvalue weighted by atomic mass is 32.2. The van der Waals surface area contributed by atoms with Crippen LogP contribution in [0.25, 0.3) is 0 Å². The van der Waals surface area contributed by atoms with Gasteiger partial charge >= 0.3 is 0 Å². The van der Waals surface area contributed by atoms with Gasteiger partial charge in [0.2, 0.25) is 0 Å². The molecule has 1 aliphatic heterocycles. The minimum absolute atomic E-state index is 0.319. The summed E-state index contributed by atoms with van der Waals surface area (Å²) in [5.41, 5.74) is 2.56. The van der Waals surface area contributed by atoms with Crippen molar-refractivity contribution in [3.8, 4) is 17.6 Å². The van der Waals surface area contributed by atoms with E-state index in [-0.39, 0.29) is 0 Å². The molecule has 1 fully saturated rings. The summed E-state index contributed by atoms with van der Waals surface area (Å²) in [4.78, 5) is 2.06. The first-order chi connectivity index (χ1) is 13.2. The van der Waals surface area contributed by atoms with Crippen molar-refractivity contribution in [1.82, 2.24) is 0 Å². The van der Waals surface area contributed by atoms with Crippen molar-refractivity contribution in [2.24, 2.45) is 0 Å². The molecule has 0 amide bonds. The van der Waals surface area contributed by atoms with Crippen LogP contribution in [-0.2, 0) is 4.74 Å². The monoisotopic (exact) mass is 384 g/mol. The molecule has 2 aromatic rings. The van der Waals surface area contributed by atoms with Gasteiger partial charge in [-0.05, 0) is 49.6 Å². The number of hydrogen-bond acceptors (Lipinski definition) is 6. The Hall–Kier alpha value is -2.36. The molecule has 27 heavy (non-hydrogen) atoms. The summed E-state index contributed by atoms with van der Waals surface area (Å²) >= 11 is 1.61. The van der Waals surface area contributed by atoms with Gasteiger partial charge in [-0.15, -0.1) is 0 Å². The molecule has 0 radical (unpaired) electrons. The van der Waals surface area contributed by atoms with Gasteiger partial charge < -0.3 is 19.5 Å². The molecule has 0 spiro atoms. The number of nitrogens with zero attached hydrogens (tertiary/aromatic N) is 1. The van der Waals surface area contributed by atoms with Crippen LogP contribution in [0.4, 0.5) is 5.69 Å². The van der Waals surface area contributed by atoms with Crippen molar-refractivity contribution in [1.29, 1.82) is 5.26 Å². The van der Waals surface area contributed by atoms with Crippen LogP contribution in [0.1, 0.15) is 24.0 Å². The minimum atomic E-state index is 0.319. The Morgan fingerprint density at radius 2 is 1.96 bits per heavy atom. The van der Waals surface area contributed by atoms with E-state index in [1.807, 2.05) is 31.2 Å². The van der Waals surface area contributed by atoms with Gasteiger partial charge in [0.25, 0.3) is 0 Å². The third kappa shape index (κ3) is 4.49. The molecular formula is C21H24N2O3S. The second kappa shape index (κ2) is 9.03. The Balaban J connectivity index is 1.93. The smallest absolute Gasteiger partial charge is 0.163 e. The van der Waals surface area contributed by atoms with E-state index in [1.165, 1.54) is 0 Å². The fourth-order valence-corrected chi connectivity index (χ4v) is 4.29. The van der Waals surface area contributed by atoms with E-state index in [4.69, 9.17) is 14.2 Å². The van der Waals surface area contributed by atoms with Crippen molar-refractivity contribution in [3.63, 3.8) is 0 Å². The molecule has 0 aliphatic carbocycles. The number of nitriles is 1. The molecule has 0 unspecified atom stereocenters. The fraction of sp³-hybridized carbons (Fsp3) is 0.381. The zero-order valence-electron chi connectivity index (χ0n) is 15.9. The number of rotatable bonds is 6. The summed E-state index contributed by atoms with van der Waals surface area (Å²) in [6.45, 7) is 3.51. The van der Waals surface area contributed by atoms with Crippen LogP contribution in [0, 0.1) is 18.3 Å². The Kier molecular flexibility index (Phi) is 6.49. The van der Waals surface area contributed by atoms with Crippen LogP contribution in [0.15, 0.2) is 40.1 Å². The maximum atomic E-state index is 9.57. The first-order valence-electron chi connectivity index (χ1n) is 8.94. The Labute approximate surface area is 164 Å². The van der Waals surface area contributed by atoms with Crippen molar-refractivity contribution in [2.45, 2.75) is 35.6 Å². The second-order valence-electron chi connectivity index (χ2n) is 6.40. The van der Waals surface area contributed by atoms with E-state index in [0.29, 0.717) is 17.4 Å². The average molecular weight is 385 g/mol. The van der Waals surface area contributed by atoms with Crippen LogP contribution in [0.5, 0.6) is 11.5 Å². The largest absolute Gasteiger partial charge is 0.493 e. The van der Waals surface area contributed by atoms with Crippen molar-refractivity contribution in [2.75, 3.05) is 32.8 Å². The first-order valence-corrected chi connectivity index (χ1v) is 9.75. The number of hydrogen-bond donors (Lipinski definition) is 1. The lowest BCUT2D eigenvalue weighted by atomic mass is 10.1. The summed E-state index contributed by atoms with van der Waals surface area (Å²) in [6, 6.07) is 12.5. The summed E-state index contributed by atoms with van der Waals surface area (Å²) in [7, 11) is 3.28. The molecule has 0 saturated carbocycles. The minimum Gasteiger partial charge on any atom is -0.493 e. The molecule has 0 atom stereocenters. The maximum Gasteiger partial charge on any atom is 0.163 e. The number of ether oxygens (including phenoxy) is 3. The number of benzene rings is 2. The molecular weight excluding hydrogens is 360 g/mol. The van der Waals surface area contributed by atoms with E-state index in [9.17, 15) is 5.26 Å². The third-order valence-electron chi connectivity index (χ3n) is 4.58. The summed E-state index contributed by atoms with van der Waals surface area (Å²) < 4.78 is 16.3. The van der Waals surface area contributed by atoms with E-state index < -0.39 is 0 Å². The van der Waals surface area contributed by atoms with Crippen LogP contribution in [-0.4, -0.2) is 33.5 Å². The lowest BCUT2D eigenvalue weighted by Gasteiger charge is -2.26. The molecule has 6 heteroatoms. The van der Waals surface area contributed by atoms with Gasteiger partial charge in [-0.3, -0.25) is 0 Å². The predicted octanol–water partition coefficient (Wildman–Crippen LogP) is 4.63. The highest BCUT2D eigenvalue weighted by Gasteiger charge is 2.18. The molecule has 3 rings (SSSR count). The van der Waals surface area contributed by atoms with E-state index in [1.54, 1.807) is 26.0 Å². The molecule has 0 aromatic heterocycles. The van der Waals surface area contributed by atoms with Gasteiger partial charge in [-0.2, -0.15) is 5.26 Å². The topological polar surface area (TPSA) is 63.5 Å². The normalized spacial score (nSPS) is 14.4. The van der Waals surface area contributed by atoms with Crippen molar-refractivity contribution in [3.05, 3.63) is 41.5 Å². The van der Waals surface area contributed by atoms with Crippen LogP contribution in [0.2, 0.25) is 0 Å². The number of nitrogens with one attached hydrogen (secondary N) is 1. The molecule has 1 N–H and O–H groups in total. The van der Waals surface area contributed by atoms with Crippen molar-refractivity contribution < 1.29 is 14.2 Å². The SMILES string of the molecule is COc1cc(Sc2cccc(C#N)c2NC2CCOCC2)cc(C)c1OC. The van der Waals surface area contributed by atoms with Crippen LogP contribution in [0.3, 0.4) is 0 Å². The summed E-state index contributed by atoms with van der Waals surface area (Å²) in [5.74, 6) is 1.45. The van der Waals surface area contributed by atoms with Gasteiger partial charge in [0.15, 0.2) is 11.5 Å². The Morgan fingerprint density at radius 1 is 1.19 bits per heavy atom. The molecule has 1 heterocycles. The Bertz CT molecular complexity index is 842. The van der Waals surface area contributed by atoms with Gasteiger partial charge in [0.1, 0.15) is 6.07 Å². The van der Waals surface area contributed by atoms with Gasteiger partial charge in [-0.25, -0.2) is 0 Å². The quantitative estimate of drug-likeness (QED) is 0.784. The maximum absolute atomic E-state index is 9.57. The average Bonchev–Trinajstić information content (AvgIpc) is 2.69. The molecule has 1 saturated heterocycles. The summed E-state index contributed by atoms with van der Waals surface area (Å²) in [6.07, 6.45) is 1.89. The number of anilines is 1. The molecule has 142 valence electrons. The molecule has 1 aliphatic rings. The van der Waals surface area contributed by atoms with Gasteiger partial charge in [0.05, 0.1) is 25.5 Å². The number of methoxy groups -OCH3 is 2. The predicted molar refractivity (Wildman–Crippen MR) is 107 cm³/mol. The highest BCUT2D eigenvalue weighted by molar-refractivity contribution is 7.99. The molecule has 0 bridgehead atoms. The van der Waals surface area contributed by atoms with Crippen LogP contribution < -0.4 is 14.8 Å². The van der Waals surface area contributed by atoms with E-state index in [0.717, 1.165) is 52.8 Å². The lowest BCUT2D eigenvalue weighted by Crippen LogP contribution is -2.28. The lowest BCUT2D eigenvalue weighted by molar-refractivity contribution is 0.0904. The van der Waals surface area contributed by atoms with Gasteiger partial charge in [0, 0.05) is 29.0 Å². The molecule has 2 aromatic carbocycles. The Morgan fingerprint density at radius 3 is 2.63 bits per heavy atom.